The Morgan fingerprint density at radius 1 is 0.729 bits per heavy atom. The zero-order chi connectivity index (χ0) is 48.3. The molecule has 2 aromatic heterocycles. The molecule has 5 atom stereocenters. The van der Waals surface area contributed by atoms with Crippen LogP contribution in [0.2, 0.25) is 0 Å². The SMILES string of the molecule is COC(=O)N[C@H](C(=O)N1C[C@@H](COCC2CCCCCC2)C[C@H]1c1nc2ccc3cc(-c4ccc(-c5cnc([C@@H]6CCCN6C(=O)[C@H](NC(=O)C6CC6)c6ccccc6)[nH]5)cc4)ccc3c2[nH]1)C(C)C. The van der Waals surface area contributed by atoms with Crippen LogP contribution in [0.25, 0.3) is 44.2 Å². The predicted molar refractivity (Wildman–Crippen MR) is 269 cm³/mol. The zero-order valence-electron chi connectivity index (χ0n) is 40.6. The van der Waals surface area contributed by atoms with Gasteiger partial charge in [-0.05, 0) is 96.6 Å². The van der Waals surface area contributed by atoms with Crippen molar-refractivity contribution < 1.29 is 28.7 Å². The van der Waals surface area contributed by atoms with Crippen molar-refractivity contribution in [1.82, 2.24) is 40.4 Å². The Labute approximate surface area is 409 Å². The van der Waals surface area contributed by atoms with Crippen LogP contribution < -0.4 is 10.6 Å². The van der Waals surface area contributed by atoms with E-state index in [9.17, 15) is 19.2 Å². The van der Waals surface area contributed by atoms with E-state index in [1.165, 1.54) is 45.6 Å². The number of methoxy groups -OCH3 is 1. The minimum atomic E-state index is -0.748. The number of carbonyl (C=O) groups excluding carboxylic acids is 4. The zero-order valence-corrected chi connectivity index (χ0v) is 40.6. The number of likely N-dealkylation sites (tertiary alicyclic amines) is 2. The molecule has 6 aromatic rings. The number of aromatic amines is 2. The van der Waals surface area contributed by atoms with Gasteiger partial charge in [-0.25, -0.2) is 14.8 Å². The first-order valence-electron chi connectivity index (χ1n) is 25.6. The molecule has 4 fully saturated rings. The molecule has 4 amide bonds. The average Bonchev–Trinajstić information content (AvgIpc) is 3.64. The van der Waals surface area contributed by atoms with Crippen molar-refractivity contribution in [2.24, 2.45) is 23.7 Å². The van der Waals surface area contributed by atoms with Crippen molar-refractivity contribution in [2.75, 3.05) is 33.4 Å². The van der Waals surface area contributed by atoms with Crippen LogP contribution in [0.3, 0.4) is 0 Å². The van der Waals surface area contributed by atoms with Crippen LogP contribution in [0, 0.1) is 23.7 Å². The number of aromatic nitrogens is 4. The highest BCUT2D eigenvalue weighted by atomic mass is 16.5. The molecule has 2 aliphatic heterocycles. The second kappa shape index (κ2) is 20.8. The number of rotatable bonds is 15. The maximum absolute atomic E-state index is 14.4. The molecule has 2 saturated carbocycles. The van der Waals surface area contributed by atoms with E-state index in [1.807, 2.05) is 66.2 Å². The number of amides is 4. The van der Waals surface area contributed by atoms with E-state index in [2.05, 4.69) is 69.1 Å². The molecule has 0 unspecified atom stereocenters. The summed E-state index contributed by atoms with van der Waals surface area (Å²) < 4.78 is 11.3. The van der Waals surface area contributed by atoms with Gasteiger partial charge >= 0.3 is 6.09 Å². The minimum absolute atomic E-state index is 0.00566. The molecule has 0 spiro atoms. The fourth-order valence-corrected chi connectivity index (χ4v) is 11.0. The maximum Gasteiger partial charge on any atom is 0.407 e. The van der Waals surface area contributed by atoms with Crippen molar-refractivity contribution in [3.8, 4) is 22.4 Å². The number of imidazole rings is 2. The molecule has 0 bridgehead atoms. The monoisotopic (exact) mass is 947 g/mol. The average molecular weight is 947 g/mol. The summed E-state index contributed by atoms with van der Waals surface area (Å²) in [6.45, 7) is 6.30. The molecule has 4 aliphatic rings. The summed E-state index contributed by atoms with van der Waals surface area (Å²) in [6, 6.07) is 26.5. The van der Waals surface area contributed by atoms with Crippen LogP contribution in [-0.2, 0) is 23.9 Å². The second-order valence-electron chi connectivity index (χ2n) is 20.5. The van der Waals surface area contributed by atoms with E-state index in [4.69, 9.17) is 19.4 Å². The third kappa shape index (κ3) is 10.2. The molecule has 14 heteroatoms. The van der Waals surface area contributed by atoms with Gasteiger partial charge in [-0.1, -0.05) is 112 Å². The lowest BCUT2D eigenvalue weighted by atomic mass is 9.99. The van der Waals surface area contributed by atoms with Crippen LogP contribution >= 0.6 is 0 Å². The van der Waals surface area contributed by atoms with E-state index < -0.39 is 18.2 Å². The first kappa shape index (κ1) is 47.2. The van der Waals surface area contributed by atoms with Crippen LogP contribution in [0.1, 0.15) is 120 Å². The molecule has 4 N–H and O–H groups in total. The van der Waals surface area contributed by atoms with Crippen LogP contribution in [0.15, 0.2) is 91.1 Å². The van der Waals surface area contributed by atoms with E-state index >= 15 is 0 Å². The molecular formula is C56H66N8O6. The predicted octanol–water partition coefficient (Wildman–Crippen LogP) is 9.96. The van der Waals surface area contributed by atoms with Crippen molar-refractivity contribution in [3.05, 3.63) is 108 Å². The van der Waals surface area contributed by atoms with Gasteiger partial charge in [0.25, 0.3) is 0 Å². The summed E-state index contributed by atoms with van der Waals surface area (Å²) in [5, 5.41) is 7.95. The number of fused-ring (bicyclic) bond motifs is 3. The molecule has 4 heterocycles. The highest BCUT2D eigenvalue weighted by Gasteiger charge is 2.42. The number of hydrogen-bond donors (Lipinski definition) is 4. The van der Waals surface area contributed by atoms with Gasteiger partial charge in [-0.2, -0.15) is 0 Å². The highest BCUT2D eigenvalue weighted by molar-refractivity contribution is 6.05. The Bertz CT molecular complexity index is 2810. The summed E-state index contributed by atoms with van der Waals surface area (Å²) >= 11 is 0. The largest absolute Gasteiger partial charge is 0.453 e. The maximum atomic E-state index is 14.4. The number of H-pyrrole nitrogens is 2. The number of carbonyl (C=O) groups is 4. The van der Waals surface area contributed by atoms with Crippen molar-refractivity contribution in [2.45, 2.75) is 109 Å². The minimum Gasteiger partial charge on any atom is -0.453 e. The molecule has 4 aromatic carbocycles. The smallest absolute Gasteiger partial charge is 0.407 e. The van der Waals surface area contributed by atoms with E-state index in [-0.39, 0.29) is 47.6 Å². The Morgan fingerprint density at radius 3 is 2.21 bits per heavy atom. The van der Waals surface area contributed by atoms with Gasteiger partial charge < -0.3 is 39.9 Å². The van der Waals surface area contributed by atoms with Gasteiger partial charge in [0, 0.05) is 36.9 Å². The Hall–Kier alpha value is -6.54. The number of nitrogens with one attached hydrogen (secondary N) is 4. The number of ether oxygens (including phenoxy) is 2. The summed E-state index contributed by atoms with van der Waals surface area (Å²) in [5.41, 5.74) is 6.52. The fraction of sp³-hybridized carbons (Fsp3) is 0.464. The molecule has 366 valence electrons. The lowest BCUT2D eigenvalue weighted by Gasteiger charge is -2.30. The summed E-state index contributed by atoms with van der Waals surface area (Å²) in [4.78, 5) is 74.7. The first-order chi connectivity index (χ1) is 34.1. The molecule has 70 heavy (non-hydrogen) atoms. The molecule has 10 rings (SSSR count). The number of benzene rings is 4. The van der Waals surface area contributed by atoms with Crippen LogP contribution in [-0.4, -0.2) is 93.0 Å². The summed E-state index contributed by atoms with van der Waals surface area (Å²) in [7, 11) is 1.31. The number of hydrogen-bond acceptors (Lipinski definition) is 8. The molecule has 2 saturated heterocycles. The summed E-state index contributed by atoms with van der Waals surface area (Å²) in [6.07, 6.45) is 12.9. The van der Waals surface area contributed by atoms with Gasteiger partial charge in [-0.3, -0.25) is 14.4 Å². The van der Waals surface area contributed by atoms with Gasteiger partial charge in [0.2, 0.25) is 17.7 Å². The molecular weight excluding hydrogens is 881 g/mol. The van der Waals surface area contributed by atoms with Crippen molar-refractivity contribution in [3.63, 3.8) is 0 Å². The standard InChI is InChI=1S/C56H66N8O6/c1-34(2)48(62-56(68)69-3)54(66)64-31-36(33-70-32-35-12-7-4-5-8-13-35)28-47(64)52-58-44-26-24-42-29-41(23-25-43(42)50(44)60-52)37-17-19-38(20-18-37)45-30-57-51(59-45)46-16-11-27-63(46)55(67)49(39-14-9-6-10-15-39)61-53(65)40-21-22-40/h6,9-10,14-15,17-20,23-26,29-30,34-36,40,46-49H,4-5,7-8,11-13,16,21-22,27-28,31-33H2,1-3H3,(H,57,59)(H,58,60)(H,61,65)(H,62,68)/t36-,46-,47-,48-,49+/m0/s1. The van der Waals surface area contributed by atoms with Crippen molar-refractivity contribution in [1.29, 1.82) is 0 Å². The quantitative estimate of drug-likeness (QED) is 0.0736. The third-order valence-electron chi connectivity index (χ3n) is 15.1. The van der Waals surface area contributed by atoms with Crippen molar-refractivity contribution >= 4 is 45.6 Å². The fourth-order valence-electron chi connectivity index (χ4n) is 11.0. The molecule has 2 aliphatic carbocycles. The first-order valence-corrected chi connectivity index (χ1v) is 25.6. The third-order valence-corrected chi connectivity index (χ3v) is 15.1. The summed E-state index contributed by atoms with van der Waals surface area (Å²) in [5.74, 6) is 1.71. The lowest BCUT2D eigenvalue weighted by molar-refractivity contribution is -0.138. The van der Waals surface area contributed by atoms with Gasteiger partial charge in [0.1, 0.15) is 23.7 Å². The molecule has 0 radical (unpaired) electrons. The Kier molecular flexibility index (Phi) is 14.0. The number of nitrogens with zero attached hydrogens (tertiary/aromatic N) is 4. The lowest BCUT2D eigenvalue weighted by Crippen LogP contribution is -2.51. The van der Waals surface area contributed by atoms with Crippen LogP contribution in [0.5, 0.6) is 0 Å². The normalized spacial score (nSPS) is 20.7. The van der Waals surface area contributed by atoms with E-state index in [1.54, 1.807) is 0 Å². The molecule has 14 nitrogen and oxygen atoms in total. The Balaban J connectivity index is 0.847. The Morgan fingerprint density at radius 2 is 1.47 bits per heavy atom. The number of alkyl carbamates (subject to hydrolysis) is 1. The van der Waals surface area contributed by atoms with Gasteiger partial charge in [-0.15, -0.1) is 0 Å². The van der Waals surface area contributed by atoms with E-state index in [0.717, 1.165) is 93.7 Å². The second-order valence-corrected chi connectivity index (χ2v) is 20.5. The highest BCUT2D eigenvalue weighted by Crippen LogP contribution is 2.39. The van der Waals surface area contributed by atoms with Gasteiger partial charge in [0.05, 0.1) is 48.7 Å². The van der Waals surface area contributed by atoms with Gasteiger partial charge in [0.15, 0.2) is 0 Å². The van der Waals surface area contributed by atoms with Crippen LogP contribution in [0.4, 0.5) is 4.79 Å². The topological polar surface area (TPSA) is 175 Å². The van der Waals surface area contributed by atoms with E-state index in [0.29, 0.717) is 32.0 Å².